The van der Waals surface area contributed by atoms with E-state index in [1.54, 1.807) is 30.5 Å². The zero-order valence-electron chi connectivity index (χ0n) is 16.8. The first-order valence-electron chi connectivity index (χ1n) is 9.75. The Labute approximate surface area is 182 Å². The third-order valence-electron chi connectivity index (χ3n) is 5.03. The predicted octanol–water partition coefficient (Wildman–Crippen LogP) is 4.73. The Morgan fingerprint density at radius 3 is 2.25 bits per heavy atom. The standard InChI is InChI=1S/C25H18FNO5/c26-20-8-3-16(4-9-20)14-32-25(31)18-7-10-22-21(12-18)23(28)19(13-27-22)11-15-1-5-17(6-2-15)24(29)30/h1-10,12-13H,11,14H2,(H,27,28)(H,29,30). The second kappa shape index (κ2) is 8.85. The van der Waals surface area contributed by atoms with Crippen LogP contribution >= 0.6 is 0 Å². The van der Waals surface area contributed by atoms with Crippen molar-refractivity contribution in [1.82, 2.24) is 4.98 Å². The number of aromatic hydroxyl groups is 1. The van der Waals surface area contributed by atoms with E-state index in [4.69, 9.17) is 9.84 Å². The van der Waals surface area contributed by atoms with Crippen LogP contribution in [-0.4, -0.2) is 27.1 Å². The van der Waals surface area contributed by atoms with Gasteiger partial charge in [0.2, 0.25) is 0 Å². The van der Waals surface area contributed by atoms with Crippen molar-refractivity contribution in [2.24, 2.45) is 0 Å². The molecule has 0 radical (unpaired) electrons. The first kappa shape index (κ1) is 21.0. The van der Waals surface area contributed by atoms with Crippen LogP contribution in [0.2, 0.25) is 0 Å². The number of carboxylic acid groups (broad SMARTS) is 1. The highest BCUT2D eigenvalue weighted by atomic mass is 19.1. The molecule has 0 amide bonds. The number of rotatable bonds is 6. The minimum atomic E-state index is -1.01. The number of esters is 1. The van der Waals surface area contributed by atoms with Crippen molar-refractivity contribution in [3.63, 3.8) is 0 Å². The minimum Gasteiger partial charge on any atom is -0.507 e. The van der Waals surface area contributed by atoms with E-state index in [1.165, 1.54) is 42.5 Å². The second-order valence-corrected chi connectivity index (χ2v) is 7.25. The summed E-state index contributed by atoms with van der Waals surface area (Å²) in [5.41, 5.74) is 2.95. The van der Waals surface area contributed by atoms with Crippen LogP contribution in [0, 0.1) is 5.82 Å². The summed E-state index contributed by atoms with van der Waals surface area (Å²) in [4.78, 5) is 27.8. The SMILES string of the molecule is O=C(O)c1ccc(Cc2cnc3ccc(C(=O)OCc4ccc(F)cc4)cc3c2O)cc1. The van der Waals surface area contributed by atoms with Crippen molar-refractivity contribution in [1.29, 1.82) is 0 Å². The Hall–Kier alpha value is -4.26. The molecule has 0 aliphatic carbocycles. The summed E-state index contributed by atoms with van der Waals surface area (Å²) in [5.74, 6) is -1.97. The summed E-state index contributed by atoms with van der Waals surface area (Å²) in [6, 6.07) is 16.7. The van der Waals surface area contributed by atoms with Crippen molar-refractivity contribution in [2.45, 2.75) is 13.0 Å². The molecule has 4 rings (SSSR count). The number of aromatic carboxylic acids is 1. The van der Waals surface area contributed by atoms with E-state index in [2.05, 4.69) is 4.98 Å². The highest BCUT2D eigenvalue weighted by molar-refractivity contribution is 5.96. The number of carbonyl (C=O) groups is 2. The Morgan fingerprint density at radius 2 is 1.56 bits per heavy atom. The first-order chi connectivity index (χ1) is 15.4. The van der Waals surface area contributed by atoms with Crippen LogP contribution in [0.15, 0.2) is 72.9 Å². The molecule has 0 atom stereocenters. The molecular formula is C25H18FNO5. The van der Waals surface area contributed by atoms with Gasteiger partial charge in [0.15, 0.2) is 0 Å². The van der Waals surface area contributed by atoms with E-state index < -0.39 is 11.9 Å². The molecule has 1 aromatic heterocycles. The predicted molar refractivity (Wildman–Crippen MR) is 115 cm³/mol. The van der Waals surface area contributed by atoms with Crippen molar-refractivity contribution in [3.8, 4) is 5.75 Å². The molecule has 0 spiro atoms. The van der Waals surface area contributed by atoms with Gasteiger partial charge in [-0.3, -0.25) is 4.98 Å². The number of benzene rings is 3. The van der Waals surface area contributed by atoms with Gasteiger partial charge in [0.25, 0.3) is 0 Å². The second-order valence-electron chi connectivity index (χ2n) is 7.25. The van der Waals surface area contributed by atoms with Gasteiger partial charge in [0.1, 0.15) is 18.2 Å². The molecule has 1 heterocycles. The number of nitrogens with zero attached hydrogens (tertiary/aromatic N) is 1. The van der Waals surface area contributed by atoms with E-state index >= 15 is 0 Å². The number of hydrogen-bond acceptors (Lipinski definition) is 5. The van der Waals surface area contributed by atoms with E-state index in [-0.39, 0.29) is 29.3 Å². The number of fused-ring (bicyclic) bond motifs is 1. The van der Waals surface area contributed by atoms with E-state index in [0.717, 1.165) is 5.56 Å². The molecule has 0 saturated carbocycles. The number of halogens is 1. The molecule has 7 heteroatoms. The minimum absolute atomic E-state index is 0.00619. The largest absolute Gasteiger partial charge is 0.507 e. The lowest BCUT2D eigenvalue weighted by Gasteiger charge is -2.10. The van der Waals surface area contributed by atoms with E-state index in [9.17, 15) is 19.1 Å². The summed E-state index contributed by atoms with van der Waals surface area (Å²) < 4.78 is 18.3. The maximum Gasteiger partial charge on any atom is 0.338 e. The maximum absolute atomic E-state index is 13.0. The fraction of sp³-hybridized carbons (Fsp3) is 0.0800. The van der Waals surface area contributed by atoms with Gasteiger partial charge >= 0.3 is 11.9 Å². The van der Waals surface area contributed by atoms with Crippen molar-refractivity contribution >= 4 is 22.8 Å². The van der Waals surface area contributed by atoms with Gasteiger partial charge in [-0.15, -0.1) is 0 Å². The number of pyridine rings is 1. The van der Waals surface area contributed by atoms with Crippen LogP contribution in [0.3, 0.4) is 0 Å². The van der Waals surface area contributed by atoms with Gasteiger partial charge in [-0.2, -0.15) is 0 Å². The molecule has 0 bridgehead atoms. The highest BCUT2D eigenvalue weighted by Crippen LogP contribution is 2.30. The van der Waals surface area contributed by atoms with Gasteiger partial charge < -0.3 is 14.9 Å². The molecular weight excluding hydrogens is 413 g/mol. The van der Waals surface area contributed by atoms with E-state index in [0.29, 0.717) is 28.5 Å². The molecule has 0 aliphatic rings. The van der Waals surface area contributed by atoms with Crippen LogP contribution in [0.25, 0.3) is 10.9 Å². The Bertz CT molecular complexity index is 1300. The smallest absolute Gasteiger partial charge is 0.338 e. The lowest BCUT2D eigenvalue weighted by molar-refractivity contribution is 0.0472. The van der Waals surface area contributed by atoms with Gasteiger partial charge in [0, 0.05) is 23.6 Å². The zero-order valence-corrected chi connectivity index (χ0v) is 16.8. The lowest BCUT2D eigenvalue weighted by atomic mass is 10.0. The molecule has 6 nitrogen and oxygen atoms in total. The van der Waals surface area contributed by atoms with Crippen molar-refractivity contribution in [3.05, 3.63) is 107 Å². The number of carbonyl (C=O) groups excluding carboxylic acids is 1. The number of ether oxygens (including phenoxy) is 1. The highest BCUT2D eigenvalue weighted by Gasteiger charge is 2.14. The Balaban J connectivity index is 1.54. The fourth-order valence-electron chi connectivity index (χ4n) is 3.27. The quantitative estimate of drug-likeness (QED) is 0.429. The molecule has 0 unspecified atom stereocenters. The molecule has 0 fully saturated rings. The van der Waals surface area contributed by atoms with Crippen LogP contribution in [-0.2, 0) is 17.8 Å². The zero-order chi connectivity index (χ0) is 22.7. The maximum atomic E-state index is 13.0. The van der Waals surface area contributed by atoms with Crippen LogP contribution in [0.1, 0.15) is 37.4 Å². The average molecular weight is 431 g/mol. The number of aromatic nitrogens is 1. The third kappa shape index (κ3) is 4.57. The molecule has 4 aromatic rings. The van der Waals surface area contributed by atoms with E-state index in [1.807, 2.05) is 0 Å². The summed E-state index contributed by atoms with van der Waals surface area (Å²) in [6.07, 6.45) is 1.89. The molecule has 0 aliphatic heterocycles. The van der Waals surface area contributed by atoms with Gasteiger partial charge in [-0.1, -0.05) is 24.3 Å². The van der Waals surface area contributed by atoms with Gasteiger partial charge in [-0.05, 0) is 53.6 Å². The summed E-state index contributed by atoms with van der Waals surface area (Å²) in [6.45, 7) is -0.00619. The molecule has 3 aromatic carbocycles. The summed E-state index contributed by atoms with van der Waals surface area (Å²) in [5, 5.41) is 20.2. The molecule has 160 valence electrons. The van der Waals surface area contributed by atoms with Crippen LogP contribution in [0.5, 0.6) is 5.75 Å². The lowest BCUT2D eigenvalue weighted by Crippen LogP contribution is -2.05. The van der Waals surface area contributed by atoms with Crippen LogP contribution in [0.4, 0.5) is 4.39 Å². The number of carboxylic acids is 1. The topological polar surface area (TPSA) is 96.7 Å². The fourth-order valence-corrected chi connectivity index (χ4v) is 3.27. The third-order valence-corrected chi connectivity index (χ3v) is 5.03. The normalized spacial score (nSPS) is 10.8. The van der Waals surface area contributed by atoms with Gasteiger partial charge in [-0.25, -0.2) is 14.0 Å². The summed E-state index contributed by atoms with van der Waals surface area (Å²) >= 11 is 0. The molecule has 0 saturated heterocycles. The average Bonchev–Trinajstić information content (AvgIpc) is 2.80. The Kier molecular flexibility index (Phi) is 5.81. The molecule has 32 heavy (non-hydrogen) atoms. The monoisotopic (exact) mass is 431 g/mol. The number of hydrogen-bond donors (Lipinski definition) is 2. The van der Waals surface area contributed by atoms with Crippen LogP contribution < -0.4 is 0 Å². The first-order valence-corrected chi connectivity index (χ1v) is 9.75. The molecule has 2 N–H and O–H groups in total. The van der Waals surface area contributed by atoms with Gasteiger partial charge in [0.05, 0.1) is 16.6 Å². The van der Waals surface area contributed by atoms with Crippen molar-refractivity contribution in [2.75, 3.05) is 0 Å². The van der Waals surface area contributed by atoms with Crippen molar-refractivity contribution < 1.29 is 28.9 Å². The summed E-state index contributed by atoms with van der Waals surface area (Å²) in [7, 11) is 0. The Morgan fingerprint density at radius 1 is 0.906 bits per heavy atom.